The summed E-state index contributed by atoms with van der Waals surface area (Å²) >= 11 is 0. The highest BCUT2D eigenvalue weighted by Gasteiger charge is 2.20. The van der Waals surface area contributed by atoms with Crippen molar-refractivity contribution in [3.05, 3.63) is 46.8 Å². The van der Waals surface area contributed by atoms with Crippen LogP contribution in [0.25, 0.3) is 0 Å². The lowest BCUT2D eigenvalue weighted by Crippen LogP contribution is -2.19. The van der Waals surface area contributed by atoms with Crippen LogP contribution < -0.4 is 5.32 Å². The molecule has 1 atom stereocenters. The minimum Gasteiger partial charge on any atom is -0.310 e. The first-order valence-electron chi connectivity index (χ1n) is 5.84. The first-order chi connectivity index (χ1) is 7.72. The van der Waals surface area contributed by atoms with Gasteiger partial charge in [-0.15, -0.1) is 0 Å². The molecule has 0 saturated carbocycles. The number of allylic oxidation sites excluding steroid dienone is 1. The molecule has 86 valence electrons. The van der Waals surface area contributed by atoms with E-state index < -0.39 is 0 Å². The molecule has 0 bridgehead atoms. The summed E-state index contributed by atoms with van der Waals surface area (Å²) in [7, 11) is 1.89. The van der Waals surface area contributed by atoms with Crippen LogP contribution in [-0.4, -0.2) is 7.05 Å². The molecular weight excluding hydrogens is 201 g/mol. The van der Waals surface area contributed by atoms with Crippen molar-refractivity contribution in [2.75, 3.05) is 7.05 Å². The van der Waals surface area contributed by atoms with Crippen molar-refractivity contribution in [1.29, 1.82) is 0 Å². The summed E-state index contributed by atoms with van der Waals surface area (Å²) in [6, 6.07) is 5.36. The summed E-state index contributed by atoms with van der Waals surface area (Å²) in [5.74, 6) is -0.113. The average molecular weight is 219 g/mol. The zero-order valence-electron chi connectivity index (χ0n) is 9.89. The van der Waals surface area contributed by atoms with Crippen molar-refractivity contribution in [2.45, 2.75) is 32.2 Å². The van der Waals surface area contributed by atoms with Crippen LogP contribution in [0.1, 0.15) is 36.4 Å². The number of halogens is 1. The summed E-state index contributed by atoms with van der Waals surface area (Å²) < 4.78 is 13.8. The number of benzene rings is 1. The zero-order valence-corrected chi connectivity index (χ0v) is 9.89. The van der Waals surface area contributed by atoms with Gasteiger partial charge in [0.15, 0.2) is 0 Å². The Labute approximate surface area is 96.4 Å². The van der Waals surface area contributed by atoms with Gasteiger partial charge in [0.05, 0.1) is 6.04 Å². The van der Waals surface area contributed by atoms with Crippen molar-refractivity contribution < 1.29 is 4.39 Å². The normalized spacial score (nSPS) is 17.3. The molecule has 2 rings (SSSR count). The number of aryl methyl sites for hydroxylation is 1. The van der Waals surface area contributed by atoms with Gasteiger partial charge in [-0.2, -0.15) is 0 Å². The molecule has 0 radical (unpaired) electrons. The Balaban J connectivity index is 2.35. The van der Waals surface area contributed by atoms with Crippen LogP contribution in [0, 0.1) is 12.7 Å². The summed E-state index contributed by atoms with van der Waals surface area (Å²) in [4.78, 5) is 0. The van der Waals surface area contributed by atoms with Gasteiger partial charge in [-0.05, 0) is 39.3 Å². The molecule has 1 aromatic rings. The largest absolute Gasteiger partial charge is 0.310 e. The fraction of sp³-hybridized carbons (Fsp3) is 0.429. The molecule has 0 heterocycles. The van der Waals surface area contributed by atoms with Gasteiger partial charge in [-0.3, -0.25) is 0 Å². The van der Waals surface area contributed by atoms with E-state index in [4.69, 9.17) is 0 Å². The number of hydrogen-bond donors (Lipinski definition) is 1. The molecule has 16 heavy (non-hydrogen) atoms. The molecule has 0 fully saturated rings. The molecular formula is C14H18FN. The highest BCUT2D eigenvalue weighted by Crippen LogP contribution is 2.31. The monoisotopic (exact) mass is 219 g/mol. The Morgan fingerprint density at radius 3 is 2.81 bits per heavy atom. The van der Waals surface area contributed by atoms with Crippen LogP contribution in [0.4, 0.5) is 4.39 Å². The van der Waals surface area contributed by atoms with Crippen molar-refractivity contribution in [3.8, 4) is 0 Å². The topological polar surface area (TPSA) is 12.0 Å². The minimum absolute atomic E-state index is 0.0439. The quantitative estimate of drug-likeness (QED) is 0.767. The molecule has 0 amide bonds. The predicted molar refractivity (Wildman–Crippen MR) is 64.9 cm³/mol. The zero-order chi connectivity index (χ0) is 11.5. The van der Waals surface area contributed by atoms with Crippen molar-refractivity contribution in [3.63, 3.8) is 0 Å². The second kappa shape index (κ2) is 4.79. The predicted octanol–water partition coefficient (Wildman–Crippen LogP) is 3.50. The Morgan fingerprint density at radius 1 is 1.38 bits per heavy atom. The van der Waals surface area contributed by atoms with Gasteiger partial charge in [0.2, 0.25) is 0 Å². The van der Waals surface area contributed by atoms with Gasteiger partial charge >= 0.3 is 0 Å². The molecule has 0 aromatic heterocycles. The third-order valence-corrected chi connectivity index (χ3v) is 3.20. The average Bonchev–Trinajstić information content (AvgIpc) is 2.78. The molecule has 2 heteroatoms. The van der Waals surface area contributed by atoms with E-state index in [1.807, 2.05) is 26.1 Å². The van der Waals surface area contributed by atoms with Gasteiger partial charge in [0.25, 0.3) is 0 Å². The molecule has 0 spiro atoms. The number of likely N-dealkylation sites (N-methyl/N-ethyl adjacent to an activating group) is 1. The van der Waals surface area contributed by atoms with E-state index >= 15 is 0 Å². The minimum atomic E-state index is -0.113. The molecule has 1 aliphatic carbocycles. The Bertz CT molecular complexity index is 409. The van der Waals surface area contributed by atoms with Gasteiger partial charge in [0, 0.05) is 5.56 Å². The molecule has 1 aromatic carbocycles. The van der Waals surface area contributed by atoms with E-state index in [1.165, 1.54) is 12.0 Å². The smallest absolute Gasteiger partial charge is 0.128 e. The Morgan fingerprint density at radius 2 is 2.19 bits per heavy atom. The molecule has 1 N–H and O–H groups in total. The summed E-state index contributed by atoms with van der Waals surface area (Å²) in [6.45, 7) is 2.00. The van der Waals surface area contributed by atoms with E-state index in [1.54, 1.807) is 6.07 Å². The fourth-order valence-corrected chi connectivity index (χ4v) is 2.38. The highest BCUT2D eigenvalue weighted by molar-refractivity contribution is 5.33. The maximum Gasteiger partial charge on any atom is 0.128 e. The number of rotatable bonds is 3. The van der Waals surface area contributed by atoms with Crippen molar-refractivity contribution >= 4 is 0 Å². The van der Waals surface area contributed by atoms with Gasteiger partial charge in [-0.25, -0.2) is 4.39 Å². The summed E-state index contributed by atoms with van der Waals surface area (Å²) in [5.41, 5.74) is 3.21. The van der Waals surface area contributed by atoms with Gasteiger partial charge < -0.3 is 5.32 Å². The lowest BCUT2D eigenvalue weighted by molar-refractivity contribution is 0.566. The van der Waals surface area contributed by atoms with Crippen molar-refractivity contribution in [2.24, 2.45) is 0 Å². The molecule has 1 unspecified atom stereocenters. The lowest BCUT2D eigenvalue weighted by atomic mass is 9.96. The molecule has 1 aliphatic rings. The van der Waals surface area contributed by atoms with Crippen LogP contribution >= 0.6 is 0 Å². The van der Waals surface area contributed by atoms with Crippen LogP contribution in [0.2, 0.25) is 0 Å². The van der Waals surface area contributed by atoms with E-state index in [0.29, 0.717) is 0 Å². The van der Waals surface area contributed by atoms with E-state index in [2.05, 4.69) is 11.4 Å². The fourth-order valence-electron chi connectivity index (χ4n) is 2.38. The van der Waals surface area contributed by atoms with Gasteiger partial charge in [0.1, 0.15) is 5.82 Å². The van der Waals surface area contributed by atoms with Gasteiger partial charge in [-0.1, -0.05) is 29.3 Å². The van der Waals surface area contributed by atoms with E-state index in [-0.39, 0.29) is 11.9 Å². The second-order valence-electron chi connectivity index (χ2n) is 4.42. The maximum absolute atomic E-state index is 13.8. The first kappa shape index (κ1) is 11.3. The summed E-state index contributed by atoms with van der Waals surface area (Å²) in [6.07, 6.45) is 5.64. The van der Waals surface area contributed by atoms with Crippen LogP contribution in [0.15, 0.2) is 29.8 Å². The third-order valence-electron chi connectivity index (χ3n) is 3.20. The SMILES string of the molecule is CNC(C1=CCCC1)c1cc(C)ccc1F. The molecule has 0 aliphatic heterocycles. The maximum atomic E-state index is 13.8. The van der Waals surface area contributed by atoms with Crippen LogP contribution in [0.3, 0.4) is 0 Å². The Kier molecular flexibility index (Phi) is 3.39. The number of hydrogen-bond acceptors (Lipinski definition) is 1. The van der Waals surface area contributed by atoms with E-state index in [9.17, 15) is 4.39 Å². The van der Waals surface area contributed by atoms with Crippen LogP contribution in [-0.2, 0) is 0 Å². The molecule has 0 saturated heterocycles. The van der Waals surface area contributed by atoms with Crippen LogP contribution in [0.5, 0.6) is 0 Å². The second-order valence-corrected chi connectivity index (χ2v) is 4.42. The lowest BCUT2D eigenvalue weighted by Gasteiger charge is -2.19. The number of nitrogens with one attached hydrogen (secondary N) is 1. The van der Waals surface area contributed by atoms with E-state index in [0.717, 1.165) is 24.0 Å². The highest BCUT2D eigenvalue weighted by atomic mass is 19.1. The standard InChI is InChI=1S/C14H18FN/c1-10-7-8-13(15)12(9-10)14(16-2)11-5-3-4-6-11/h5,7-9,14,16H,3-4,6H2,1-2H3. The Hall–Kier alpha value is -1.15. The van der Waals surface area contributed by atoms with Crippen molar-refractivity contribution in [1.82, 2.24) is 5.32 Å². The first-order valence-corrected chi connectivity index (χ1v) is 5.84. The third kappa shape index (κ3) is 2.17. The molecule has 1 nitrogen and oxygen atoms in total. The summed E-state index contributed by atoms with van der Waals surface area (Å²) in [5, 5.41) is 3.22.